The van der Waals surface area contributed by atoms with Crippen LogP contribution in [0.25, 0.3) is 0 Å². The summed E-state index contributed by atoms with van der Waals surface area (Å²) in [5.74, 6) is 0.788. The third-order valence-electron chi connectivity index (χ3n) is 5.92. The van der Waals surface area contributed by atoms with Crippen molar-refractivity contribution in [2.45, 2.75) is 83.8 Å². The summed E-state index contributed by atoms with van der Waals surface area (Å²) in [6, 6.07) is 10.6. The molecule has 6 nitrogen and oxygen atoms in total. The third kappa shape index (κ3) is 9.78. The van der Waals surface area contributed by atoms with Crippen LogP contribution in [0, 0.1) is 23.0 Å². The Balaban J connectivity index is 0.000000488. The zero-order valence-electron chi connectivity index (χ0n) is 19.0. The number of hydrogen-bond donors (Lipinski definition) is 1. The molecule has 1 saturated carbocycles. The number of hydrazine groups is 1. The molecule has 1 fully saturated rings. The van der Waals surface area contributed by atoms with Gasteiger partial charge in [0.05, 0.1) is 23.8 Å². The number of thiazole rings is 1. The van der Waals surface area contributed by atoms with Crippen LogP contribution in [-0.4, -0.2) is 28.8 Å². The van der Waals surface area contributed by atoms with E-state index in [9.17, 15) is 10.1 Å². The van der Waals surface area contributed by atoms with Gasteiger partial charge in [0.2, 0.25) is 0 Å². The van der Waals surface area contributed by atoms with E-state index >= 15 is 0 Å². The van der Waals surface area contributed by atoms with E-state index in [0.29, 0.717) is 18.6 Å². The quantitative estimate of drug-likeness (QED) is 0.349. The SMILES string of the molecule is CCCCC(N[N+](=O)[O-])C(C)COC1CCC(c2ccccc2)CC1.Cc1nccs1. The average molecular weight is 448 g/mol. The zero-order chi connectivity index (χ0) is 22.5. The summed E-state index contributed by atoms with van der Waals surface area (Å²) < 4.78 is 6.11. The first kappa shape index (κ1) is 25.3. The summed E-state index contributed by atoms with van der Waals surface area (Å²) in [5.41, 5.74) is 3.91. The Bertz CT molecular complexity index is 719. The molecule has 1 aromatic carbocycles. The number of rotatable bonds is 10. The second-order valence-corrected chi connectivity index (χ2v) is 9.48. The summed E-state index contributed by atoms with van der Waals surface area (Å²) in [4.78, 5) is 14.7. The van der Waals surface area contributed by atoms with E-state index < -0.39 is 5.03 Å². The fourth-order valence-corrected chi connectivity index (χ4v) is 4.46. The van der Waals surface area contributed by atoms with Gasteiger partial charge in [-0.25, -0.2) is 10.1 Å². The van der Waals surface area contributed by atoms with Gasteiger partial charge in [0.15, 0.2) is 5.03 Å². The van der Waals surface area contributed by atoms with Crippen molar-refractivity contribution in [3.63, 3.8) is 0 Å². The van der Waals surface area contributed by atoms with Gasteiger partial charge in [-0.05, 0) is 50.5 Å². The number of nitro groups is 1. The highest BCUT2D eigenvalue weighted by Crippen LogP contribution is 2.34. The van der Waals surface area contributed by atoms with E-state index in [-0.39, 0.29) is 12.0 Å². The minimum absolute atomic E-state index is 0.115. The number of ether oxygens (including phenoxy) is 1. The average Bonchev–Trinajstić information content (AvgIpc) is 3.27. The molecule has 0 bridgehead atoms. The van der Waals surface area contributed by atoms with Crippen molar-refractivity contribution in [3.05, 3.63) is 62.6 Å². The van der Waals surface area contributed by atoms with Crippen LogP contribution >= 0.6 is 11.3 Å². The van der Waals surface area contributed by atoms with Crippen molar-refractivity contribution in [1.29, 1.82) is 0 Å². The zero-order valence-corrected chi connectivity index (χ0v) is 19.9. The lowest BCUT2D eigenvalue weighted by Crippen LogP contribution is -2.41. The predicted molar refractivity (Wildman–Crippen MR) is 127 cm³/mol. The first-order chi connectivity index (χ1) is 15.0. The monoisotopic (exact) mass is 447 g/mol. The summed E-state index contributed by atoms with van der Waals surface area (Å²) in [7, 11) is 0. The molecule has 2 aromatic rings. The number of nitrogens with one attached hydrogen (secondary N) is 1. The number of unbranched alkanes of at least 4 members (excludes halogenated alkanes) is 1. The Kier molecular flexibility index (Phi) is 11.5. The normalized spacial score (nSPS) is 20.2. The Morgan fingerprint density at radius 3 is 2.48 bits per heavy atom. The molecule has 2 unspecified atom stereocenters. The molecule has 172 valence electrons. The molecule has 0 spiro atoms. The molecule has 1 aromatic heterocycles. The Morgan fingerprint density at radius 1 is 1.26 bits per heavy atom. The van der Waals surface area contributed by atoms with Crippen molar-refractivity contribution >= 4 is 11.3 Å². The van der Waals surface area contributed by atoms with Gasteiger partial charge in [0.25, 0.3) is 0 Å². The lowest BCUT2D eigenvalue weighted by atomic mass is 9.83. The van der Waals surface area contributed by atoms with Crippen LogP contribution in [0.2, 0.25) is 0 Å². The first-order valence-electron chi connectivity index (χ1n) is 11.4. The topological polar surface area (TPSA) is 77.3 Å². The molecular weight excluding hydrogens is 410 g/mol. The van der Waals surface area contributed by atoms with Crippen LogP contribution in [-0.2, 0) is 4.74 Å². The molecule has 7 heteroatoms. The second kappa shape index (κ2) is 14.1. The molecular formula is C24H37N3O3S. The van der Waals surface area contributed by atoms with E-state index in [1.807, 2.05) is 19.2 Å². The highest BCUT2D eigenvalue weighted by atomic mass is 32.1. The van der Waals surface area contributed by atoms with Crippen LogP contribution in [0.4, 0.5) is 0 Å². The predicted octanol–water partition coefficient (Wildman–Crippen LogP) is 6.16. The molecule has 1 N–H and O–H groups in total. The van der Waals surface area contributed by atoms with Gasteiger partial charge >= 0.3 is 0 Å². The minimum Gasteiger partial charge on any atom is -0.378 e. The molecule has 2 atom stereocenters. The Labute approximate surface area is 190 Å². The molecule has 0 saturated heterocycles. The van der Waals surface area contributed by atoms with E-state index in [1.165, 1.54) is 5.56 Å². The number of nitrogens with zero attached hydrogens (tertiary/aromatic N) is 2. The molecule has 0 radical (unpaired) electrons. The van der Waals surface area contributed by atoms with Crippen LogP contribution in [0.1, 0.15) is 75.3 Å². The number of benzene rings is 1. The number of aryl methyl sites for hydroxylation is 1. The maximum atomic E-state index is 10.8. The van der Waals surface area contributed by atoms with Crippen LogP contribution in [0.3, 0.4) is 0 Å². The van der Waals surface area contributed by atoms with Gasteiger partial charge < -0.3 is 4.74 Å². The van der Waals surface area contributed by atoms with Gasteiger partial charge in [-0.1, -0.05) is 57.0 Å². The summed E-state index contributed by atoms with van der Waals surface area (Å²) >= 11 is 1.67. The summed E-state index contributed by atoms with van der Waals surface area (Å²) in [6.07, 6.45) is 9.45. The fraction of sp³-hybridized carbons (Fsp3) is 0.625. The van der Waals surface area contributed by atoms with Crippen molar-refractivity contribution in [1.82, 2.24) is 10.4 Å². The molecule has 1 heterocycles. The largest absolute Gasteiger partial charge is 0.378 e. The Morgan fingerprint density at radius 2 is 1.97 bits per heavy atom. The van der Waals surface area contributed by atoms with Crippen LogP contribution < -0.4 is 5.43 Å². The molecule has 1 aliphatic carbocycles. The minimum atomic E-state index is -0.415. The molecule has 1 aliphatic rings. The third-order valence-corrected chi connectivity index (χ3v) is 6.63. The van der Waals surface area contributed by atoms with Gasteiger partial charge in [0, 0.05) is 17.5 Å². The van der Waals surface area contributed by atoms with Gasteiger partial charge in [0.1, 0.15) is 0 Å². The van der Waals surface area contributed by atoms with Crippen LogP contribution in [0.15, 0.2) is 41.9 Å². The van der Waals surface area contributed by atoms with E-state index in [0.717, 1.165) is 50.0 Å². The van der Waals surface area contributed by atoms with Crippen molar-refractivity contribution in [2.24, 2.45) is 5.92 Å². The second-order valence-electron chi connectivity index (χ2n) is 8.38. The highest BCUT2D eigenvalue weighted by Gasteiger charge is 2.26. The standard InChI is InChI=1S/C20H32N2O3.C4H5NS/c1-3-4-10-20(21-22(23)24)16(2)15-25-19-13-11-18(12-14-19)17-8-6-5-7-9-17;1-4-5-2-3-6-4/h5-9,16,18-21H,3-4,10-15H2,1-2H3;2-3H,1H3. The molecule has 31 heavy (non-hydrogen) atoms. The van der Waals surface area contributed by atoms with Crippen molar-refractivity contribution in [2.75, 3.05) is 6.61 Å². The molecule has 3 rings (SSSR count). The molecule has 0 amide bonds. The van der Waals surface area contributed by atoms with Crippen molar-refractivity contribution < 1.29 is 9.77 Å². The summed E-state index contributed by atoms with van der Waals surface area (Å²) in [6.45, 7) is 6.74. The first-order valence-corrected chi connectivity index (χ1v) is 12.3. The number of aromatic nitrogens is 1. The van der Waals surface area contributed by atoms with E-state index in [4.69, 9.17) is 4.74 Å². The smallest absolute Gasteiger partial charge is 0.157 e. The van der Waals surface area contributed by atoms with Crippen molar-refractivity contribution in [3.8, 4) is 0 Å². The lowest BCUT2D eigenvalue weighted by Gasteiger charge is -2.30. The van der Waals surface area contributed by atoms with Gasteiger partial charge in [-0.2, -0.15) is 0 Å². The Hall–Kier alpha value is -1.99. The highest BCUT2D eigenvalue weighted by molar-refractivity contribution is 7.09. The summed E-state index contributed by atoms with van der Waals surface area (Å²) in [5, 5.41) is 13.5. The van der Waals surface area contributed by atoms with E-state index in [1.54, 1.807) is 17.5 Å². The maximum absolute atomic E-state index is 10.8. The van der Waals surface area contributed by atoms with Gasteiger partial charge in [-0.3, -0.25) is 4.98 Å². The molecule has 0 aliphatic heterocycles. The van der Waals surface area contributed by atoms with Crippen LogP contribution in [0.5, 0.6) is 0 Å². The maximum Gasteiger partial charge on any atom is 0.157 e. The van der Waals surface area contributed by atoms with Gasteiger partial charge in [-0.15, -0.1) is 16.8 Å². The number of hydrogen-bond acceptors (Lipinski definition) is 5. The fourth-order valence-electron chi connectivity index (χ4n) is 4.02. The lowest BCUT2D eigenvalue weighted by molar-refractivity contribution is -0.553. The van der Waals surface area contributed by atoms with E-state index in [2.05, 4.69) is 47.7 Å².